The molecule has 2 amide bonds. The first-order chi connectivity index (χ1) is 11.1. The Morgan fingerprint density at radius 3 is 2.44 bits per heavy atom. The lowest BCUT2D eigenvalue weighted by molar-refractivity contribution is -0.144. The van der Waals surface area contributed by atoms with Gasteiger partial charge in [-0.05, 0) is 12.8 Å². The zero-order chi connectivity index (χ0) is 16.7. The molecule has 2 fully saturated rings. The Balaban J connectivity index is 0.00000288. The lowest BCUT2D eigenvalue weighted by Gasteiger charge is -2.35. The number of nitrogens with one attached hydrogen (secondary N) is 1. The van der Waals surface area contributed by atoms with Gasteiger partial charge in [-0.25, -0.2) is 0 Å². The van der Waals surface area contributed by atoms with Crippen molar-refractivity contribution >= 4 is 36.6 Å². The molecule has 0 aliphatic carbocycles. The fourth-order valence-corrected chi connectivity index (χ4v) is 2.94. The van der Waals surface area contributed by atoms with Crippen molar-refractivity contribution < 1.29 is 19.1 Å². The third kappa shape index (κ3) is 7.64. The van der Waals surface area contributed by atoms with Crippen LogP contribution >= 0.6 is 24.8 Å². The largest absolute Gasteiger partial charge is 0.383 e. The molecule has 8 nitrogen and oxygen atoms in total. The Morgan fingerprint density at radius 2 is 1.88 bits per heavy atom. The second-order valence-corrected chi connectivity index (χ2v) is 6.00. The number of amides is 2. The summed E-state index contributed by atoms with van der Waals surface area (Å²) >= 11 is 0. The van der Waals surface area contributed by atoms with Crippen molar-refractivity contribution in [2.24, 2.45) is 5.73 Å². The van der Waals surface area contributed by atoms with Crippen LogP contribution in [0.5, 0.6) is 0 Å². The minimum absolute atomic E-state index is 0. The SMILES string of the molecule is COCCNC(=O)CN1CCN(C(=O)[C@@H]2CC[C@H](CN)O2)CC1.Cl.Cl. The van der Waals surface area contributed by atoms with Gasteiger partial charge in [0.25, 0.3) is 5.91 Å². The van der Waals surface area contributed by atoms with E-state index in [-0.39, 0.29) is 48.8 Å². The van der Waals surface area contributed by atoms with Crippen LogP contribution in [-0.4, -0.2) is 93.4 Å². The lowest BCUT2D eigenvalue weighted by atomic mass is 10.1. The predicted molar refractivity (Wildman–Crippen MR) is 99.4 cm³/mol. The quantitative estimate of drug-likeness (QED) is 0.545. The van der Waals surface area contributed by atoms with E-state index in [0.29, 0.717) is 52.4 Å². The van der Waals surface area contributed by atoms with Crippen LogP contribution in [0.2, 0.25) is 0 Å². The third-order valence-electron chi connectivity index (χ3n) is 4.33. The maximum atomic E-state index is 12.4. The Bertz CT molecular complexity index is 409. The van der Waals surface area contributed by atoms with Crippen molar-refractivity contribution in [3.63, 3.8) is 0 Å². The second kappa shape index (κ2) is 12.7. The highest BCUT2D eigenvalue weighted by atomic mass is 35.5. The van der Waals surface area contributed by atoms with Crippen LogP contribution in [0.4, 0.5) is 0 Å². The minimum atomic E-state index is -0.340. The summed E-state index contributed by atoms with van der Waals surface area (Å²) in [5.41, 5.74) is 5.58. The molecular formula is C15H30Cl2N4O4. The van der Waals surface area contributed by atoms with Crippen molar-refractivity contribution in [3.8, 4) is 0 Å². The fourth-order valence-electron chi connectivity index (χ4n) is 2.94. The zero-order valence-corrected chi connectivity index (χ0v) is 16.3. The number of rotatable bonds is 7. The van der Waals surface area contributed by atoms with Gasteiger partial charge in [-0.15, -0.1) is 24.8 Å². The molecule has 0 aromatic heterocycles. The van der Waals surface area contributed by atoms with Crippen LogP contribution in [0.25, 0.3) is 0 Å². The third-order valence-corrected chi connectivity index (χ3v) is 4.33. The van der Waals surface area contributed by atoms with Crippen LogP contribution in [0, 0.1) is 0 Å². The molecule has 0 aromatic carbocycles. The van der Waals surface area contributed by atoms with Crippen molar-refractivity contribution in [1.82, 2.24) is 15.1 Å². The highest BCUT2D eigenvalue weighted by molar-refractivity contribution is 5.85. The van der Waals surface area contributed by atoms with Crippen LogP contribution in [0.15, 0.2) is 0 Å². The highest BCUT2D eigenvalue weighted by Crippen LogP contribution is 2.21. The van der Waals surface area contributed by atoms with Gasteiger partial charge >= 0.3 is 0 Å². The smallest absolute Gasteiger partial charge is 0.251 e. The van der Waals surface area contributed by atoms with Gasteiger partial charge in [0.15, 0.2) is 0 Å². The topological polar surface area (TPSA) is 97.1 Å². The summed E-state index contributed by atoms with van der Waals surface area (Å²) < 4.78 is 10.6. The molecule has 0 spiro atoms. The van der Waals surface area contributed by atoms with E-state index >= 15 is 0 Å². The summed E-state index contributed by atoms with van der Waals surface area (Å²) in [4.78, 5) is 28.1. The van der Waals surface area contributed by atoms with Crippen LogP contribution in [0.1, 0.15) is 12.8 Å². The van der Waals surface area contributed by atoms with Gasteiger partial charge in [-0.3, -0.25) is 14.5 Å². The van der Waals surface area contributed by atoms with Gasteiger partial charge in [0, 0.05) is 46.4 Å². The van der Waals surface area contributed by atoms with E-state index in [9.17, 15) is 9.59 Å². The Kier molecular flexibility index (Phi) is 12.3. The van der Waals surface area contributed by atoms with E-state index in [2.05, 4.69) is 10.2 Å². The normalized spacial score (nSPS) is 23.5. The lowest BCUT2D eigenvalue weighted by Crippen LogP contribution is -2.53. The molecule has 25 heavy (non-hydrogen) atoms. The first kappa shape index (κ1) is 24.4. The number of hydrogen-bond acceptors (Lipinski definition) is 6. The summed E-state index contributed by atoms with van der Waals surface area (Å²) in [6.07, 6.45) is 1.28. The summed E-state index contributed by atoms with van der Waals surface area (Å²) in [7, 11) is 1.60. The first-order valence-electron chi connectivity index (χ1n) is 8.26. The number of nitrogens with two attached hydrogens (primary N) is 1. The number of hydrogen-bond donors (Lipinski definition) is 2. The number of carbonyl (C=O) groups is 2. The van der Waals surface area contributed by atoms with Crippen LogP contribution in [0.3, 0.4) is 0 Å². The molecule has 3 N–H and O–H groups in total. The monoisotopic (exact) mass is 400 g/mol. The van der Waals surface area contributed by atoms with Gasteiger partial charge in [-0.2, -0.15) is 0 Å². The van der Waals surface area contributed by atoms with Gasteiger partial charge in [0.1, 0.15) is 6.10 Å². The fraction of sp³-hybridized carbons (Fsp3) is 0.867. The van der Waals surface area contributed by atoms with Gasteiger partial charge in [0.05, 0.1) is 19.3 Å². The number of halogens is 2. The molecule has 0 saturated carbocycles. The van der Waals surface area contributed by atoms with Crippen LogP contribution < -0.4 is 11.1 Å². The number of nitrogens with zero attached hydrogens (tertiary/aromatic N) is 2. The maximum absolute atomic E-state index is 12.4. The molecule has 148 valence electrons. The number of piperazine rings is 1. The van der Waals surface area contributed by atoms with Crippen LogP contribution in [-0.2, 0) is 19.1 Å². The molecule has 0 aromatic rings. The molecule has 2 aliphatic rings. The van der Waals surface area contributed by atoms with Crippen molar-refractivity contribution in [3.05, 3.63) is 0 Å². The number of methoxy groups -OCH3 is 1. The van der Waals surface area contributed by atoms with Gasteiger partial charge in [0.2, 0.25) is 5.91 Å². The van der Waals surface area contributed by atoms with E-state index in [1.807, 2.05) is 4.90 Å². The van der Waals surface area contributed by atoms with E-state index in [0.717, 1.165) is 12.8 Å². The standard InChI is InChI=1S/C15H28N4O4.2ClH/c1-22-9-4-17-14(20)11-18-5-7-19(8-6-18)15(21)13-3-2-12(10-16)23-13;;/h12-13H,2-11,16H2,1H3,(H,17,20);2*1H/t12-,13+;;/m1../s1. The molecule has 10 heteroatoms. The maximum Gasteiger partial charge on any atom is 0.251 e. The molecule has 2 atom stereocenters. The molecular weight excluding hydrogens is 371 g/mol. The Hall–Kier alpha value is -0.640. The molecule has 2 saturated heterocycles. The van der Waals surface area contributed by atoms with E-state index in [4.69, 9.17) is 15.2 Å². The highest BCUT2D eigenvalue weighted by Gasteiger charge is 2.34. The van der Waals surface area contributed by atoms with Crippen molar-refractivity contribution in [2.45, 2.75) is 25.0 Å². The van der Waals surface area contributed by atoms with E-state index < -0.39 is 0 Å². The summed E-state index contributed by atoms with van der Waals surface area (Å²) in [6.45, 7) is 4.55. The summed E-state index contributed by atoms with van der Waals surface area (Å²) in [6, 6.07) is 0. The minimum Gasteiger partial charge on any atom is -0.383 e. The molecule has 2 rings (SSSR count). The van der Waals surface area contributed by atoms with E-state index in [1.165, 1.54) is 0 Å². The summed E-state index contributed by atoms with van der Waals surface area (Å²) in [5.74, 6) is 0.0527. The first-order valence-corrected chi connectivity index (χ1v) is 8.26. The average molecular weight is 401 g/mol. The Labute approximate surface area is 161 Å². The van der Waals surface area contributed by atoms with Crippen molar-refractivity contribution in [1.29, 1.82) is 0 Å². The zero-order valence-electron chi connectivity index (χ0n) is 14.6. The number of carbonyl (C=O) groups excluding carboxylic acids is 2. The molecule has 0 bridgehead atoms. The Morgan fingerprint density at radius 1 is 1.20 bits per heavy atom. The van der Waals surface area contributed by atoms with E-state index in [1.54, 1.807) is 7.11 Å². The van der Waals surface area contributed by atoms with Gasteiger partial charge in [-0.1, -0.05) is 0 Å². The predicted octanol–water partition coefficient (Wildman–Crippen LogP) is -0.757. The average Bonchev–Trinajstić information content (AvgIpc) is 3.04. The molecule has 2 heterocycles. The summed E-state index contributed by atoms with van der Waals surface area (Å²) in [5, 5.41) is 2.80. The molecule has 0 radical (unpaired) electrons. The second-order valence-electron chi connectivity index (χ2n) is 6.00. The van der Waals surface area contributed by atoms with Crippen molar-refractivity contribution in [2.75, 3.05) is 59.5 Å². The molecule has 0 unspecified atom stereocenters. The van der Waals surface area contributed by atoms with Gasteiger partial charge < -0.3 is 25.4 Å². The number of ether oxygens (including phenoxy) is 2. The molecule has 2 aliphatic heterocycles.